The van der Waals surface area contributed by atoms with Crippen molar-refractivity contribution in [3.05, 3.63) is 74.4 Å². The van der Waals surface area contributed by atoms with Gasteiger partial charge in [-0.3, -0.25) is 4.79 Å². The number of nitrogens with one attached hydrogen (secondary N) is 3. The van der Waals surface area contributed by atoms with Gasteiger partial charge in [0.2, 0.25) is 0 Å². The van der Waals surface area contributed by atoms with Crippen LogP contribution in [-0.4, -0.2) is 29.0 Å². The fraction of sp³-hybridized carbons (Fsp3) is 0.292. The summed E-state index contributed by atoms with van der Waals surface area (Å²) >= 11 is 13.3. The van der Waals surface area contributed by atoms with Crippen LogP contribution in [0.3, 0.4) is 0 Å². The van der Waals surface area contributed by atoms with Crippen molar-refractivity contribution < 1.29 is 18.7 Å². The molecule has 1 aliphatic carbocycles. The van der Waals surface area contributed by atoms with Crippen molar-refractivity contribution >= 4 is 52.2 Å². The molecular weight excluding hydrogens is 514 g/mol. The zero-order chi connectivity index (χ0) is 24.8. The van der Waals surface area contributed by atoms with E-state index < -0.39 is 5.82 Å². The first kappa shape index (κ1) is 25.2. The van der Waals surface area contributed by atoms with Crippen molar-refractivity contribution in [2.45, 2.75) is 44.4 Å². The summed E-state index contributed by atoms with van der Waals surface area (Å²) in [5.41, 5.74) is 0.790. The molecule has 11 heteroatoms. The molecule has 0 saturated heterocycles. The second-order valence-electron chi connectivity index (χ2n) is 8.09. The first-order valence-electron chi connectivity index (χ1n) is 11.0. The number of amides is 3. The molecule has 35 heavy (non-hydrogen) atoms. The maximum absolute atomic E-state index is 13.7. The Labute approximate surface area is 216 Å². The summed E-state index contributed by atoms with van der Waals surface area (Å²) in [5.74, 6) is -0.563. The molecule has 0 aliphatic heterocycles. The lowest BCUT2D eigenvalue weighted by Gasteiger charge is -2.29. The van der Waals surface area contributed by atoms with Crippen LogP contribution in [0.15, 0.2) is 47.8 Å². The molecule has 7 nitrogen and oxygen atoms in total. The molecule has 3 N–H and O–H groups in total. The van der Waals surface area contributed by atoms with Gasteiger partial charge < -0.3 is 20.7 Å². The molecule has 1 saturated carbocycles. The third-order valence-electron chi connectivity index (χ3n) is 5.55. The van der Waals surface area contributed by atoms with Gasteiger partial charge in [0.05, 0.1) is 10.7 Å². The van der Waals surface area contributed by atoms with Crippen LogP contribution in [0.4, 0.5) is 14.9 Å². The monoisotopic (exact) mass is 536 g/mol. The van der Waals surface area contributed by atoms with E-state index in [1.54, 1.807) is 35.7 Å². The maximum atomic E-state index is 13.7. The summed E-state index contributed by atoms with van der Waals surface area (Å²) in [6.07, 6.45) is 2.91. The minimum Gasteiger partial charge on any atom is -0.483 e. The zero-order valence-electron chi connectivity index (χ0n) is 18.5. The van der Waals surface area contributed by atoms with Gasteiger partial charge in [0.15, 0.2) is 11.6 Å². The highest BCUT2D eigenvalue weighted by atomic mass is 35.5. The fourth-order valence-corrected chi connectivity index (χ4v) is 4.90. The van der Waals surface area contributed by atoms with Gasteiger partial charge in [-0.15, -0.1) is 11.3 Å². The highest BCUT2D eigenvalue weighted by molar-refractivity contribution is 7.09. The Hall–Kier alpha value is -2.88. The Morgan fingerprint density at radius 1 is 1.06 bits per heavy atom. The maximum Gasteiger partial charge on any atom is 0.319 e. The molecule has 184 valence electrons. The molecule has 0 unspecified atom stereocenters. The lowest BCUT2D eigenvalue weighted by Crippen LogP contribution is -2.45. The predicted octanol–water partition coefficient (Wildman–Crippen LogP) is 6.03. The number of hydrogen-bond donors (Lipinski definition) is 3. The number of hydrogen-bond acceptors (Lipinski definition) is 5. The smallest absolute Gasteiger partial charge is 0.319 e. The highest BCUT2D eigenvalue weighted by Gasteiger charge is 2.25. The average molecular weight is 537 g/mol. The second-order valence-corrected chi connectivity index (χ2v) is 9.88. The summed E-state index contributed by atoms with van der Waals surface area (Å²) in [4.78, 5) is 29.2. The number of carbonyl (C=O) groups is 2. The van der Waals surface area contributed by atoms with E-state index >= 15 is 0 Å². The van der Waals surface area contributed by atoms with Crippen LogP contribution in [0.2, 0.25) is 10.0 Å². The van der Waals surface area contributed by atoms with E-state index in [9.17, 15) is 14.0 Å². The molecule has 0 spiro atoms. The number of thiazole rings is 1. The van der Waals surface area contributed by atoms with Crippen molar-refractivity contribution in [3.8, 4) is 5.75 Å². The number of urea groups is 1. The number of ether oxygens (including phenoxy) is 1. The molecule has 0 bridgehead atoms. The number of aromatic nitrogens is 1. The molecule has 1 aromatic heterocycles. The van der Waals surface area contributed by atoms with E-state index in [1.807, 2.05) is 0 Å². The third kappa shape index (κ3) is 7.06. The van der Waals surface area contributed by atoms with Crippen LogP contribution in [0.5, 0.6) is 5.75 Å². The van der Waals surface area contributed by atoms with Crippen molar-refractivity contribution in [3.63, 3.8) is 0 Å². The Kier molecular flexibility index (Phi) is 8.43. The van der Waals surface area contributed by atoms with Gasteiger partial charge in [0.25, 0.3) is 5.91 Å². The van der Waals surface area contributed by atoms with E-state index in [0.29, 0.717) is 26.4 Å². The first-order chi connectivity index (χ1) is 16.9. The summed E-state index contributed by atoms with van der Waals surface area (Å²) < 4.78 is 19.1. The summed E-state index contributed by atoms with van der Waals surface area (Å²) in [6, 6.07) is 10.6. The Bertz CT molecular complexity index is 1200. The molecule has 1 fully saturated rings. The van der Waals surface area contributed by atoms with Crippen molar-refractivity contribution in [1.82, 2.24) is 15.6 Å². The van der Waals surface area contributed by atoms with E-state index in [0.717, 1.165) is 25.7 Å². The van der Waals surface area contributed by atoms with E-state index in [4.69, 9.17) is 27.9 Å². The van der Waals surface area contributed by atoms with Crippen LogP contribution < -0.4 is 20.7 Å². The Morgan fingerprint density at radius 3 is 2.49 bits per heavy atom. The SMILES string of the molecule is O=C(Nc1ccc(Cl)cc1Cl)NC1CCC(NC(=O)c2csc(COc3ccccc3F)n2)CC1. The average Bonchev–Trinajstić information content (AvgIpc) is 3.31. The van der Waals surface area contributed by atoms with E-state index in [-0.39, 0.29) is 36.4 Å². The highest BCUT2D eigenvalue weighted by Crippen LogP contribution is 2.26. The molecule has 3 amide bonds. The van der Waals surface area contributed by atoms with Crippen LogP contribution in [-0.2, 0) is 6.61 Å². The van der Waals surface area contributed by atoms with Gasteiger partial charge in [-0.2, -0.15) is 0 Å². The van der Waals surface area contributed by atoms with Crippen molar-refractivity contribution in [2.24, 2.45) is 0 Å². The van der Waals surface area contributed by atoms with Crippen LogP contribution in [0.1, 0.15) is 41.2 Å². The van der Waals surface area contributed by atoms with E-state index in [1.165, 1.54) is 23.5 Å². The van der Waals surface area contributed by atoms with Crippen molar-refractivity contribution in [2.75, 3.05) is 5.32 Å². The number of anilines is 1. The van der Waals surface area contributed by atoms with Gasteiger partial charge >= 0.3 is 6.03 Å². The second kappa shape index (κ2) is 11.7. The summed E-state index contributed by atoms with van der Waals surface area (Å²) in [6.45, 7) is 0.0823. The van der Waals surface area contributed by atoms with Crippen molar-refractivity contribution in [1.29, 1.82) is 0 Å². The van der Waals surface area contributed by atoms with Gasteiger partial charge in [-0.1, -0.05) is 35.3 Å². The minimum absolute atomic E-state index is 0.00404. The summed E-state index contributed by atoms with van der Waals surface area (Å²) in [5, 5.41) is 11.8. The molecule has 4 rings (SSSR count). The number of halogens is 3. The number of nitrogens with zero attached hydrogens (tertiary/aromatic N) is 1. The Balaban J connectivity index is 1.20. The van der Waals surface area contributed by atoms with Gasteiger partial charge in [-0.25, -0.2) is 14.2 Å². The quantitative estimate of drug-likeness (QED) is 0.343. The van der Waals surface area contributed by atoms with Crippen LogP contribution in [0.25, 0.3) is 0 Å². The predicted molar refractivity (Wildman–Crippen MR) is 135 cm³/mol. The Morgan fingerprint density at radius 2 is 1.77 bits per heavy atom. The third-order valence-corrected chi connectivity index (χ3v) is 6.92. The zero-order valence-corrected chi connectivity index (χ0v) is 20.9. The number of rotatable bonds is 7. The lowest BCUT2D eigenvalue weighted by molar-refractivity contribution is 0.0919. The minimum atomic E-state index is -0.446. The number of para-hydroxylation sites is 1. The van der Waals surface area contributed by atoms with E-state index in [2.05, 4.69) is 20.9 Å². The fourth-order valence-electron chi connectivity index (χ4n) is 3.76. The standard InChI is InChI=1S/C24H23Cl2FN4O3S/c25-14-5-10-19(17(26)11-14)31-24(33)29-16-8-6-15(7-9-16)28-23(32)20-13-35-22(30-20)12-34-21-4-2-1-3-18(21)27/h1-5,10-11,13,15-16H,6-9,12H2,(H,28,32)(H2,29,31,33). The molecular formula is C24H23Cl2FN4O3S. The lowest BCUT2D eigenvalue weighted by atomic mass is 9.91. The number of carbonyl (C=O) groups excluding carboxylic acids is 2. The van der Waals surface area contributed by atoms with Crippen LogP contribution >= 0.6 is 34.5 Å². The molecule has 0 atom stereocenters. The molecule has 2 aromatic carbocycles. The molecule has 3 aromatic rings. The molecule has 1 aliphatic rings. The summed E-state index contributed by atoms with van der Waals surface area (Å²) in [7, 11) is 0. The van der Waals surface area contributed by atoms with Crippen LogP contribution in [0, 0.1) is 5.82 Å². The molecule has 1 heterocycles. The van der Waals surface area contributed by atoms with Gasteiger partial charge in [-0.05, 0) is 56.0 Å². The van der Waals surface area contributed by atoms with Gasteiger partial charge in [0.1, 0.15) is 17.3 Å². The topological polar surface area (TPSA) is 92.4 Å². The molecule has 0 radical (unpaired) electrons. The first-order valence-corrected chi connectivity index (χ1v) is 12.7. The number of benzene rings is 2. The largest absolute Gasteiger partial charge is 0.483 e. The normalized spacial score (nSPS) is 17.5. The van der Waals surface area contributed by atoms with Gasteiger partial charge in [0, 0.05) is 22.5 Å².